The average Bonchev–Trinajstić information content (AvgIpc) is 2.33. The van der Waals surface area contributed by atoms with Gasteiger partial charge in [0.25, 0.3) is 0 Å². The average molecular weight is 257 g/mol. The van der Waals surface area contributed by atoms with Crippen LogP contribution in [0, 0.1) is 0 Å². The van der Waals surface area contributed by atoms with Crippen LogP contribution in [0.5, 0.6) is 0 Å². The first-order valence-corrected chi connectivity index (χ1v) is 7.74. The van der Waals surface area contributed by atoms with Crippen LogP contribution in [-0.4, -0.2) is 49.6 Å². The summed E-state index contributed by atoms with van der Waals surface area (Å²) in [6.45, 7) is 8.71. The summed E-state index contributed by atoms with van der Waals surface area (Å²) in [5.74, 6) is 2.21. The van der Waals surface area contributed by atoms with E-state index in [2.05, 4.69) is 42.0 Å². The number of rotatable bonds is 9. The smallest absolute Gasteiger partial charge is 0.193 e. The van der Waals surface area contributed by atoms with Crippen LogP contribution in [0.4, 0.5) is 0 Å². The number of nitrogens with zero attached hydrogens (tertiary/aromatic N) is 2. The van der Waals surface area contributed by atoms with Gasteiger partial charge in [-0.1, -0.05) is 6.08 Å². The monoisotopic (exact) mass is 257 g/mol. The summed E-state index contributed by atoms with van der Waals surface area (Å²) in [6, 6.07) is 0. The molecule has 0 spiro atoms. The molecule has 0 atom stereocenters. The summed E-state index contributed by atoms with van der Waals surface area (Å²) >= 11 is 1.88. The third kappa shape index (κ3) is 9.10. The van der Waals surface area contributed by atoms with Crippen LogP contribution in [0.2, 0.25) is 0 Å². The van der Waals surface area contributed by atoms with Crippen molar-refractivity contribution in [3.05, 3.63) is 12.7 Å². The van der Waals surface area contributed by atoms with Gasteiger partial charge in [0.1, 0.15) is 0 Å². The van der Waals surface area contributed by atoms with Crippen molar-refractivity contribution in [3.8, 4) is 0 Å². The lowest BCUT2D eigenvalue weighted by Gasteiger charge is -2.21. The molecule has 100 valence electrons. The molecule has 0 aliphatic heterocycles. The second kappa shape index (κ2) is 11.8. The predicted octanol–water partition coefficient (Wildman–Crippen LogP) is 2.60. The number of guanidine groups is 1. The second-order valence-corrected chi connectivity index (χ2v) is 4.92. The molecule has 0 aliphatic carbocycles. The van der Waals surface area contributed by atoms with Crippen molar-refractivity contribution in [2.24, 2.45) is 4.99 Å². The molecule has 0 aromatic rings. The highest BCUT2D eigenvalue weighted by molar-refractivity contribution is 7.98. The van der Waals surface area contributed by atoms with Crippen LogP contribution >= 0.6 is 11.8 Å². The van der Waals surface area contributed by atoms with E-state index in [9.17, 15) is 0 Å². The highest BCUT2D eigenvalue weighted by Gasteiger charge is 2.03. The lowest BCUT2D eigenvalue weighted by molar-refractivity contribution is 0.470. The van der Waals surface area contributed by atoms with Gasteiger partial charge >= 0.3 is 0 Å². The molecule has 0 saturated heterocycles. The Kier molecular flexibility index (Phi) is 11.4. The first kappa shape index (κ1) is 16.4. The van der Waals surface area contributed by atoms with E-state index in [0.29, 0.717) is 0 Å². The molecule has 0 aliphatic rings. The number of allylic oxidation sites excluding steroid dienone is 1. The van der Waals surface area contributed by atoms with Crippen LogP contribution in [0.15, 0.2) is 17.6 Å². The number of unbranched alkanes of at least 4 members (excludes halogenated alkanes) is 1. The van der Waals surface area contributed by atoms with E-state index in [1.807, 2.05) is 17.8 Å². The molecule has 0 amide bonds. The Morgan fingerprint density at radius 2 is 2.24 bits per heavy atom. The van der Waals surface area contributed by atoms with Crippen molar-refractivity contribution in [1.82, 2.24) is 10.2 Å². The summed E-state index contributed by atoms with van der Waals surface area (Å²) in [5.41, 5.74) is 0. The third-order valence-electron chi connectivity index (χ3n) is 2.37. The Hall–Kier alpha value is -0.640. The molecule has 0 fully saturated rings. The van der Waals surface area contributed by atoms with E-state index in [1.165, 1.54) is 5.75 Å². The summed E-state index contributed by atoms with van der Waals surface area (Å²) < 4.78 is 0. The zero-order valence-electron chi connectivity index (χ0n) is 11.5. The van der Waals surface area contributed by atoms with Crippen LogP contribution in [0.1, 0.15) is 26.2 Å². The molecule has 0 aromatic heterocycles. The zero-order chi connectivity index (χ0) is 12.9. The Morgan fingerprint density at radius 3 is 2.82 bits per heavy atom. The summed E-state index contributed by atoms with van der Waals surface area (Å²) in [6.07, 6.45) is 7.45. The molecule has 1 N–H and O–H groups in total. The first-order valence-electron chi connectivity index (χ1n) is 6.35. The van der Waals surface area contributed by atoms with Crippen LogP contribution in [-0.2, 0) is 0 Å². The summed E-state index contributed by atoms with van der Waals surface area (Å²) in [5, 5.41) is 3.33. The quantitative estimate of drug-likeness (QED) is 0.298. The van der Waals surface area contributed by atoms with E-state index >= 15 is 0 Å². The molecule has 0 unspecified atom stereocenters. The molecule has 0 saturated carbocycles. The van der Waals surface area contributed by atoms with E-state index < -0.39 is 0 Å². The van der Waals surface area contributed by atoms with E-state index in [-0.39, 0.29) is 0 Å². The number of aliphatic imine (C=N–C) groups is 1. The minimum atomic E-state index is 0.912. The normalized spacial score (nSPS) is 11.4. The fraction of sp³-hybridized carbons (Fsp3) is 0.769. The Bertz CT molecular complexity index is 217. The van der Waals surface area contributed by atoms with Gasteiger partial charge in [-0.3, -0.25) is 4.99 Å². The van der Waals surface area contributed by atoms with Crippen molar-refractivity contribution in [3.63, 3.8) is 0 Å². The summed E-state index contributed by atoms with van der Waals surface area (Å²) in [4.78, 5) is 6.82. The van der Waals surface area contributed by atoms with Gasteiger partial charge in [-0.25, -0.2) is 0 Å². The van der Waals surface area contributed by atoms with E-state index in [0.717, 1.165) is 44.9 Å². The van der Waals surface area contributed by atoms with Gasteiger partial charge in [-0.05, 0) is 38.2 Å². The molecule has 0 aromatic carbocycles. The minimum absolute atomic E-state index is 0.912. The van der Waals surface area contributed by atoms with Gasteiger partial charge in [-0.2, -0.15) is 11.8 Å². The van der Waals surface area contributed by atoms with Gasteiger partial charge in [0.15, 0.2) is 5.96 Å². The lowest BCUT2D eigenvalue weighted by atomic mass is 10.3. The van der Waals surface area contributed by atoms with Crippen LogP contribution in [0.3, 0.4) is 0 Å². The molecule has 0 radical (unpaired) electrons. The molecule has 17 heavy (non-hydrogen) atoms. The predicted molar refractivity (Wildman–Crippen MR) is 81.0 cm³/mol. The molecule has 3 nitrogen and oxygen atoms in total. The third-order valence-corrected chi connectivity index (χ3v) is 3.06. The highest BCUT2D eigenvalue weighted by Crippen LogP contribution is 1.98. The molecule has 0 heterocycles. The summed E-state index contributed by atoms with van der Waals surface area (Å²) in [7, 11) is 2.10. The van der Waals surface area contributed by atoms with Gasteiger partial charge in [0.2, 0.25) is 0 Å². The highest BCUT2D eigenvalue weighted by atomic mass is 32.2. The van der Waals surface area contributed by atoms with Crippen molar-refractivity contribution < 1.29 is 0 Å². The van der Waals surface area contributed by atoms with E-state index in [4.69, 9.17) is 0 Å². The fourth-order valence-corrected chi connectivity index (χ4v) is 1.86. The van der Waals surface area contributed by atoms with Crippen molar-refractivity contribution in [2.75, 3.05) is 38.7 Å². The van der Waals surface area contributed by atoms with Crippen LogP contribution in [0.25, 0.3) is 0 Å². The maximum Gasteiger partial charge on any atom is 0.193 e. The molecule has 0 rings (SSSR count). The van der Waals surface area contributed by atoms with Crippen molar-refractivity contribution in [1.29, 1.82) is 0 Å². The number of thioether (sulfide) groups is 1. The lowest BCUT2D eigenvalue weighted by Crippen LogP contribution is -2.39. The largest absolute Gasteiger partial charge is 0.357 e. The topological polar surface area (TPSA) is 27.6 Å². The Labute approximate surface area is 111 Å². The van der Waals surface area contributed by atoms with Gasteiger partial charge in [-0.15, -0.1) is 6.58 Å². The molecular formula is C13H27N3S. The second-order valence-electron chi connectivity index (χ2n) is 3.93. The van der Waals surface area contributed by atoms with Gasteiger partial charge in [0, 0.05) is 26.7 Å². The van der Waals surface area contributed by atoms with Gasteiger partial charge in [0.05, 0.1) is 0 Å². The van der Waals surface area contributed by atoms with Crippen molar-refractivity contribution >= 4 is 17.7 Å². The molecule has 4 heteroatoms. The van der Waals surface area contributed by atoms with Crippen LogP contribution < -0.4 is 5.32 Å². The standard InChI is InChI=1S/C13H27N3S/c1-5-7-8-11-16(3)13(14-6-2)15-10-9-12-17-4/h5H,1,6-12H2,2-4H3,(H,14,15). The number of hydrogen-bond acceptors (Lipinski definition) is 2. The maximum atomic E-state index is 4.62. The van der Waals surface area contributed by atoms with E-state index in [1.54, 1.807) is 0 Å². The first-order chi connectivity index (χ1) is 8.26. The Balaban J connectivity index is 4.03. The SMILES string of the molecule is C=CCCCN(C)C(=NCCCSC)NCC. The minimum Gasteiger partial charge on any atom is -0.357 e. The van der Waals surface area contributed by atoms with Crippen molar-refractivity contribution in [2.45, 2.75) is 26.2 Å². The fourth-order valence-electron chi connectivity index (χ4n) is 1.44. The zero-order valence-corrected chi connectivity index (χ0v) is 12.4. The maximum absolute atomic E-state index is 4.62. The molecule has 0 bridgehead atoms. The Morgan fingerprint density at radius 1 is 1.47 bits per heavy atom. The number of nitrogens with one attached hydrogen (secondary N) is 1. The molecular weight excluding hydrogens is 230 g/mol. The van der Waals surface area contributed by atoms with Gasteiger partial charge < -0.3 is 10.2 Å². The number of hydrogen-bond donors (Lipinski definition) is 1.